The van der Waals surface area contributed by atoms with Gasteiger partial charge in [-0.05, 0) is 18.2 Å². The van der Waals surface area contributed by atoms with Gasteiger partial charge in [-0.2, -0.15) is 5.10 Å². The molecule has 5 nitrogen and oxygen atoms in total. The van der Waals surface area contributed by atoms with Gasteiger partial charge in [-0.3, -0.25) is 4.68 Å². The van der Waals surface area contributed by atoms with Crippen LogP contribution >= 0.6 is 11.6 Å². The van der Waals surface area contributed by atoms with Crippen LogP contribution in [0.3, 0.4) is 0 Å². The van der Waals surface area contributed by atoms with Crippen molar-refractivity contribution in [3.05, 3.63) is 42.0 Å². The van der Waals surface area contributed by atoms with Crippen molar-refractivity contribution in [3.8, 4) is 0 Å². The fourth-order valence-electron chi connectivity index (χ4n) is 2.21. The number of alkyl halides is 1. The first-order valence-electron chi connectivity index (χ1n) is 6.22. The number of benzene rings is 1. The highest BCUT2D eigenvalue weighted by Gasteiger charge is 2.11. The molecule has 0 fully saturated rings. The zero-order valence-electron chi connectivity index (χ0n) is 10.9. The number of aryl methyl sites for hydroxylation is 3. The van der Waals surface area contributed by atoms with E-state index in [4.69, 9.17) is 11.6 Å². The molecule has 0 amide bonds. The average molecular weight is 294 g/mol. The van der Waals surface area contributed by atoms with Crippen LogP contribution in [0.25, 0.3) is 11.0 Å². The maximum atomic E-state index is 13.4. The zero-order chi connectivity index (χ0) is 14.1. The van der Waals surface area contributed by atoms with Crippen molar-refractivity contribution in [2.75, 3.05) is 0 Å². The molecule has 0 unspecified atom stereocenters. The van der Waals surface area contributed by atoms with Crippen molar-refractivity contribution < 1.29 is 4.39 Å². The lowest BCUT2D eigenvalue weighted by Crippen LogP contribution is -2.06. The molecule has 0 atom stereocenters. The van der Waals surface area contributed by atoms with Gasteiger partial charge in [0.05, 0.1) is 16.9 Å². The molecule has 104 valence electrons. The highest BCUT2D eigenvalue weighted by atomic mass is 35.5. The second-order valence-corrected chi connectivity index (χ2v) is 4.80. The Labute approximate surface area is 120 Å². The van der Waals surface area contributed by atoms with Crippen molar-refractivity contribution in [1.82, 2.24) is 24.3 Å². The quantitative estimate of drug-likeness (QED) is 0.694. The van der Waals surface area contributed by atoms with Crippen LogP contribution in [0.4, 0.5) is 4.39 Å². The van der Waals surface area contributed by atoms with Crippen LogP contribution in [0, 0.1) is 5.82 Å². The smallest absolute Gasteiger partial charge is 0.152 e. The number of imidazole rings is 1. The molecule has 2 aromatic heterocycles. The standard InChI is InChI=1S/C13H13ClFN5/c1-19-8-16-12(18-19)4-5-20-11-6-9(15)2-3-10(11)17-13(20)7-14/h2-3,6,8H,4-5,7H2,1H3. The van der Waals surface area contributed by atoms with E-state index >= 15 is 0 Å². The van der Waals surface area contributed by atoms with Crippen molar-refractivity contribution in [2.45, 2.75) is 18.8 Å². The van der Waals surface area contributed by atoms with Gasteiger partial charge in [0.25, 0.3) is 0 Å². The fourth-order valence-corrected chi connectivity index (χ4v) is 2.41. The summed E-state index contributed by atoms with van der Waals surface area (Å²) in [6.07, 6.45) is 2.30. The summed E-state index contributed by atoms with van der Waals surface area (Å²) in [5.41, 5.74) is 1.49. The Morgan fingerprint density at radius 1 is 1.35 bits per heavy atom. The molecule has 0 radical (unpaired) electrons. The van der Waals surface area contributed by atoms with E-state index in [1.807, 2.05) is 11.6 Å². The average Bonchev–Trinajstić information content (AvgIpc) is 2.99. The van der Waals surface area contributed by atoms with Gasteiger partial charge in [0.15, 0.2) is 5.82 Å². The number of halogens is 2. The van der Waals surface area contributed by atoms with Gasteiger partial charge in [0.1, 0.15) is 18.0 Å². The Morgan fingerprint density at radius 2 is 2.20 bits per heavy atom. The molecule has 0 aliphatic heterocycles. The summed E-state index contributed by atoms with van der Waals surface area (Å²) < 4.78 is 17.0. The Kier molecular flexibility index (Phi) is 3.40. The molecule has 7 heteroatoms. The molecular formula is C13H13ClFN5. The summed E-state index contributed by atoms with van der Waals surface area (Å²) in [5.74, 6) is 1.47. The predicted molar refractivity (Wildman–Crippen MR) is 74.0 cm³/mol. The van der Waals surface area contributed by atoms with E-state index < -0.39 is 0 Å². The van der Waals surface area contributed by atoms with Gasteiger partial charge in [0, 0.05) is 20.0 Å². The highest BCUT2D eigenvalue weighted by molar-refractivity contribution is 6.16. The van der Waals surface area contributed by atoms with E-state index in [9.17, 15) is 4.39 Å². The third-order valence-corrected chi connectivity index (χ3v) is 3.35. The molecule has 0 aliphatic rings. The molecule has 20 heavy (non-hydrogen) atoms. The van der Waals surface area contributed by atoms with E-state index in [-0.39, 0.29) is 11.7 Å². The number of nitrogens with zero attached hydrogens (tertiary/aromatic N) is 5. The lowest BCUT2D eigenvalue weighted by molar-refractivity contribution is 0.624. The normalized spacial score (nSPS) is 11.3. The third kappa shape index (κ3) is 2.38. The van der Waals surface area contributed by atoms with Crippen LogP contribution in [-0.4, -0.2) is 24.3 Å². The van der Waals surface area contributed by atoms with E-state index in [0.717, 1.165) is 22.7 Å². The molecule has 0 bridgehead atoms. The Balaban J connectivity index is 1.94. The summed E-state index contributed by atoms with van der Waals surface area (Å²) in [4.78, 5) is 8.59. The summed E-state index contributed by atoms with van der Waals surface area (Å²) in [6.45, 7) is 0.617. The van der Waals surface area contributed by atoms with Gasteiger partial charge < -0.3 is 4.57 Å². The van der Waals surface area contributed by atoms with Crippen LogP contribution in [0.15, 0.2) is 24.5 Å². The molecule has 2 heterocycles. The Morgan fingerprint density at radius 3 is 2.90 bits per heavy atom. The Bertz CT molecular complexity index is 748. The van der Waals surface area contributed by atoms with Crippen LogP contribution < -0.4 is 0 Å². The minimum atomic E-state index is -0.282. The second kappa shape index (κ2) is 5.20. The van der Waals surface area contributed by atoms with Crippen LogP contribution in [0.2, 0.25) is 0 Å². The molecule has 3 rings (SSSR count). The molecule has 0 saturated carbocycles. The van der Waals surface area contributed by atoms with Gasteiger partial charge in [-0.1, -0.05) is 0 Å². The topological polar surface area (TPSA) is 48.5 Å². The summed E-state index contributed by atoms with van der Waals surface area (Å²) >= 11 is 5.92. The highest BCUT2D eigenvalue weighted by Crippen LogP contribution is 2.19. The van der Waals surface area contributed by atoms with Crippen molar-refractivity contribution >= 4 is 22.6 Å². The fraction of sp³-hybridized carbons (Fsp3) is 0.308. The summed E-state index contributed by atoms with van der Waals surface area (Å²) in [5, 5.41) is 4.23. The lowest BCUT2D eigenvalue weighted by atomic mass is 10.3. The van der Waals surface area contributed by atoms with Gasteiger partial charge in [0.2, 0.25) is 0 Å². The van der Waals surface area contributed by atoms with Crippen molar-refractivity contribution in [3.63, 3.8) is 0 Å². The van der Waals surface area contributed by atoms with Crippen LogP contribution in [0.5, 0.6) is 0 Å². The number of hydrogen-bond donors (Lipinski definition) is 0. The lowest BCUT2D eigenvalue weighted by Gasteiger charge is -2.06. The summed E-state index contributed by atoms with van der Waals surface area (Å²) in [6, 6.07) is 4.54. The number of rotatable bonds is 4. The van der Waals surface area contributed by atoms with E-state index in [1.165, 1.54) is 12.1 Å². The maximum absolute atomic E-state index is 13.4. The third-order valence-electron chi connectivity index (χ3n) is 3.11. The number of hydrogen-bond acceptors (Lipinski definition) is 3. The largest absolute Gasteiger partial charge is 0.326 e. The van der Waals surface area contributed by atoms with E-state index in [0.29, 0.717) is 13.0 Å². The first-order chi connectivity index (χ1) is 9.67. The monoisotopic (exact) mass is 293 g/mol. The predicted octanol–water partition coefficient (Wildman–Crippen LogP) is 2.29. The minimum Gasteiger partial charge on any atom is -0.326 e. The molecule has 0 saturated heterocycles. The molecule has 0 aliphatic carbocycles. The number of fused-ring (bicyclic) bond motifs is 1. The van der Waals surface area contributed by atoms with Gasteiger partial charge >= 0.3 is 0 Å². The zero-order valence-corrected chi connectivity index (χ0v) is 11.7. The molecule has 0 spiro atoms. The van der Waals surface area contributed by atoms with Gasteiger partial charge in [-0.25, -0.2) is 14.4 Å². The maximum Gasteiger partial charge on any atom is 0.152 e. The van der Waals surface area contributed by atoms with E-state index in [2.05, 4.69) is 15.1 Å². The van der Waals surface area contributed by atoms with E-state index in [1.54, 1.807) is 17.1 Å². The molecule has 3 aromatic rings. The molecule has 0 N–H and O–H groups in total. The molecular weight excluding hydrogens is 281 g/mol. The van der Waals surface area contributed by atoms with Crippen LogP contribution in [0.1, 0.15) is 11.6 Å². The molecule has 1 aromatic carbocycles. The Hall–Kier alpha value is -1.95. The van der Waals surface area contributed by atoms with Crippen molar-refractivity contribution in [1.29, 1.82) is 0 Å². The van der Waals surface area contributed by atoms with Crippen molar-refractivity contribution in [2.24, 2.45) is 7.05 Å². The summed E-state index contributed by atoms with van der Waals surface area (Å²) in [7, 11) is 1.82. The minimum absolute atomic E-state index is 0.282. The first kappa shape index (κ1) is 13.1. The number of aromatic nitrogens is 5. The van der Waals surface area contributed by atoms with Crippen LogP contribution in [-0.2, 0) is 25.9 Å². The first-order valence-corrected chi connectivity index (χ1v) is 6.76. The van der Waals surface area contributed by atoms with Gasteiger partial charge in [-0.15, -0.1) is 11.6 Å². The SMILES string of the molecule is Cn1cnc(CCn2c(CCl)nc3ccc(F)cc32)n1. The second-order valence-electron chi connectivity index (χ2n) is 4.53.